The highest BCUT2D eigenvalue weighted by Crippen LogP contribution is 1.95. The Labute approximate surface area is 120 Å². The Balaban J connectivity index is 4.21. The molecular weight excluding hydrogens is 290 g/mol. The van der Waals surface area contributed by atoms with Crippen LogP contribution < -0.4 is 26.6 Å². The normalized spacial score (nSPS) is 13.1. The summed E-state index contributed by atoms with van der Waals surface area (Å²) in [6, 6.07) is -2.04. The van der Waals surface area contributed by atoms with Crippen molar-refractivity contribution in [2.24, 2.45) is 0 Å². The molecule has 20 heavy (non-hydrogen) atoms. The number of carbonyl (C=O) groups excluding carboxylic acids is 4. The number of carboxylic acids is 2. The number of hydrogen-bond donors (Lipinski definition) is 4. The van der Waals surface area contributed by atoms with Crippen molar-refractivity contribution in [3.05, 3.63) is 0 Å². The number of thiol groups is 1. The Morgan fingerprint density at radius 2 is 1.80 bits per heavy atom. The molecule has 0 saturated carbocycles. The first kappa shape index (κ1) is 18.2. The average Bonchev–Trinajstić information content (AvgIpc) is 2.38. The van der Waals surface area contributed by atoms with Crippen LogP contribution in [0.15, 0.2) is 0 Å². The van der Waals surface area contributed by atoms with E-state index in [1.165, 1.54) is 0 Å². The Bertz CT molecular complexity index is 389. The van der Waals surface area contributed by atoms with Gasteiger partial charge in [0.25, 0.3) is 0 Å². The summed E-state index contributed by atoms with van der Waals surface area (Å²) < 4.78 is 0. The number of rotatable bonds is 9. The predicted molar refractivity (Wildman–Crippen MR) is 64.7 cm³/mol. The van der Waals surface area contributed by atoms with E-state index in [-0.39, 0.29) is 18.6 Å². The fraction of sp³-hybridized carbons (Fsp3) is 0.600. The number of nitrogens with one attached hydrogen (secondary N) is 2. The van der Waals surface area contributed by atoms with Crippen molar-refractivity contribution in [3.63, 3.8) is 0 Å². The zero-order valence-corrected chi connectivity index (χ0v) is 11.5. The fourth-order valence-corrected chi connectivity index (χ4v) is 1.42. The summed E-state index contributed by atoms with van der Waals surface area (Å²) in [7, 11) is 0. The molecule has 0 aromatic rings. The molecule has 0 aromatic heterocycles. The van der Waals surface area contributed by atoms with Gasteiger partial charge in [0.1, 0.15) is 12.1 Å². The van der Waals surface area contributed by atoms with E-state index in [9.17, 15) is 29.4 Å². The van der Waals surface area contributed by atoms with Crippen LogP contribution in [0.1, 0.15) is 12.8 Å². The minimum atomic E-state index is -1.46. The largest absolute Gasteiger partial charge is 0.548 e. The monoisotopic (exact) mass is 306 g/mol. The SMILES string of the molecule is [NH3+]C(CCC(=O)NC(CS)C(=O)NCC(=O)[O-])C(=O)[O-]. The highest BCUT2D eigenvalue weighted by molar-refractivity contribution is 7.80. The number of carboxylic acid groups (broad SMARTS) is 2. The van der Waals surface area contributed by atoms with Crippen molar-refractivity contribution in [1.82, 2.24) is 10.6 Å². The van der Waals surface area contributed by atoms with Gasteiger partial charge in [0, 0.05) is 18.6 Å². The maximum atomic E-state index is 11.5. The molecule has 10 heteroatoms. The van der Waals surface area contributed by atoms with E-state index in [0.717, 1.165) is 0 Å². The van der Waals surface area contributed by atoms with Gasteiger partial charge in [-0.3, -0.25) is 9.59 Å². The lowest BCUT2D eigenvalue weighted by atomic mass is 10.1. The van der Waals surface area contributed by atoms with E-state index in [0.29, 0.717) is 0 Å². The van der Waals surface area contributed by atoms with E-state index >= 15 is 0 Å². The molecule has 0 aliphatic rings. The quantitative estimate of drug-likeness (QED) is 0.310. The zero-order valence-electron chi connectivity index (χ0n) is 10.6. The summed E-state index contributed by atoms with van der Waals surface area (Å²) in [6.07, 6.45) is -0.186. The molecule has 0 radical (unpaired) electrons. The molecule has 0 bridgehead atoms. The summed E-state index contributed by atoms with van der Waals surface area (Å²) in [6.45, 7) is -0.676. The predicted octanol–water partition coefficient (Wildman–Crippen LogP) is -5.59. The van der Waals surface area contributed by atoms with Gasteiger partial charge in [0.05, 0.1) is 18.5 Å². The van der Waals surface area contributed by atoms with Crippen molar-refractivity contribution >= 4 is 36.4 Å². The molecule has 0 fully saturated rings. The third kappa shape index (κ3) is 7.59. The zero-order chi connectivity index (χ0) is 15.7. The van der Waals surface area contributed by atoms with Gasteiger partial charge in [-0.15, -0.1) is 0 Å². The molecule has 0 spiro atoms. The molecule has 5 N–H and O–H groups in total. The molecule has 2 amide bonds. The van der Waals surface area contributed by atoms with E-state index in [1.807, 2.05) is 5.32 Å². The van der Waals surface area contributed by atoms with Crippen LogP contribution in [0, 0.1) is 0 Å². The molecule has 0 aliphatic heterocycles. The summed E-state index contributed by atoms with van der Waals surface area (Å²) in [5, 5.41) is 24.9. The average molecular weight is 306 g/mol. The van der Waals surface area contributed by atoms with Gasteiger partial charge in [-0.2, -0.15) is 12.6 Å². The third-order valence-corrected chi connectivity index (χ3v) is 2.66. The minimum absolute atomic E-state index is 0.0336. The smallest absolute Gasteiger partial charge is 0.243 e. The molecule has 0 heterocycles. The number of hydrogen-bond acceptors (Lipinski definition) is 7. The Morgan fingerprint density at radius 3 is 2.25 bits per heavy atom. The summed E-state index contributed by atoms with van der Waals surface area (Å²) in [5.74, 6) is -4.16. The third-order valence-electron chi connectivity index (χ3n) is 2.29. The molecule has 114 valence electrons. The highest BCUT2D eigenvalue weighted by Gasteiger charge is 2.19. The van der Waals surface area contributed by atoms with Crippen LogP contribution in [0.3, 0.4) is 0 Å². The molecule has 2 unspecified atom stereocenters. The number of carbonyl (C=O) groups is 4. The van der Waals surface area contributed by atoms with Crippen LogP contribution in [0.5, 0.6) is 0 Å². The Hall–Kier alpha value is -1.81. The number of quaternary nitrogens is 1. The van der Waals surface area contributed by atoms with E-state index in [4.69, 9.17) is 0 Å². The standard InChI is InChI=1S/C10H17N3O6S/c11-5(10(18)19)1-2-7(14)13-6(4-20)9(17)12-3-8(15)16/h5-6,20H,1-4,11H2,(H,12,17)(H,13,14)(H,15,16)(H,18,19)/p-1. The number of amides is 2. The molecule has 0 aromatic carbocycles. The van der Waals surface area contributed by atoms with Crippen LogP contribution >= 0.6 is 12.6 Å². The molecule has 2 atom stereocenters. The van der Waals surface area contributed by atoms with Crippen molar-refractivity contribution in [2.75, 3.05) is 12.3 Å². The molecular formula is C10H16N3O6S-. The second kappa shape index (κ2) is 9.15. The Morgan fingerprint density at radius 1 is 1.20 bits per heavy atom. The van der Waals surface area contributed by atoms with Gasteiger partial charge in [-0.05, 0) is 0 Å². The van der Waals surface area contributed by atoms with Crippen molar-refractivity contribution in [1.29, 1.82) is 0 Å². The Kier molecular flexibility index (Phi) is 8.32. The number of aliphatic carboxylic acids is 2. The van der Waals surface area contributed by atoms with E-state index in [1.54, 1.807) is 0 Å². The van der Waals surface area contributed by atoms with Crippen LogP contribution in [0.4, 0.5) is 0 Å². The molecule has 0 aliphatic carbocycles. The van der Waals surface area contributed by atoms with Gasteiger partial charge in [0.15, 0.2) is 0 Å². The maximum absolute atomic E-state index is 11.5. The second-order valence-electron chi connectivity index (χ2n) is 3.95. The maximum Gasteiger partial charge on any atom is 0.243 e. The summed E-state index contributed by atoms with van der Waals surface area (Å²) in [5.41, 5.74) is 3.28. The van der Waals surface area contributed by atoms with Gasteiger partial charge in [-0.25, -0.2) is 0 Å². The lowest BCUT2D eigenvalue weighted by molar-refractivity contribution is -0.438. The first-order chi connectivity index (χ1) is 9.27. The van der Waals surface area contributed by atoms with E-state index in [2.05, 4.69) is 23.7 Å². The lowest BCUT2D eigenvalue weighted by Gasteiger charge is -2.17. The van der Waals surface area contributed by atoms with Crippen LogP contribution in [-0.2, 0) is 19.2 Å². The fourth-order valence-electron chi connectivity index (χ4n) is 1.17. The van der Waals surface area contributed by atoms with Gasteiger partial charge >= 0.3 is 0 Å². The second-order valence-corrected chi connectivity index (χ2v) is 4.31. The molecule has 0 saturated heterocycles. The first-order valence-corrected chi connectivity index (χ1v) is 6.32. The lowest BCUT2D eigenvalue weighted by Crippen LogP contribution is -2.68. The van der Waals surface area contributed by atoms with Crippen molar-refractivity contribution in [2.45, 2.75) is 24.9 Å². The molecule has 9 nitrogen and oxygen atoms in total. The highest BCUT2D eigenvalue weighted by atomic mass is 32.1. The topological polar surface area (TPSA) is 166 Å². The van der Waals surface area contributed by atoms with Gasteiger partial charge in [-0.1, -0.05) is 0 Å². The molecule has 0 rings (SSSR count). The van der Waals surface area contributed by atoms with Crippen LogP contribution in [0.2, 0.25) is 0 Å². The first-order valence-electron chi connectivity index (χ1n) is 5.69. The van der Waals surface area contributed by atoms with Gasteiger partial charge in [0.2, 0.25) is 11.8 Å². The van der Waals surface area contributed by atoms with Crippen LogP contribution in [0.25, 0.3) is 0 Å². The van der Waals surface area contributed by atoms with Gasteiger partial charge < -0.3 is 36.2 Å². The van der Waals surface area contributed by atoms with Crippen LogP contribution in [-0.4, -0.2) is 48.1 Å². The van der Waals surface area contributed by atoms with Crippen molar-refractivity contribution < 1.29 is 35.1 Å². The summed E-state index contributed by atoms with van der Waals surface area (Å²) in [4.78, 5) is 43.5. The van der Waals surface area contributed by atoms with Crippen molar-refractivity contribution in [3.8, 4) is 0 Å². The van der Waals surface area contributed by atoms with E-state index < -0.39 is 42.4 Å². The minimum Gasteiger partial charge on any atom is -0.548 e. The summed E-state index contributed by atoms with van der Waals surface area (Å²) >= 11 is 3.86.